The topological polar surface area (TPSA) is 144 Å². The fourth-order valence-corrected chi connectivity index (χ4v) is 0.343. The molecule has 0 saturated heterocycles. The summed E-state index contributed by atoms with van der Waals surface area (Å²) in [6.45, 7) is 0. The van der Waals surface area contributed by atoms with Crippen LogP contribution in [0.3, 0.4) is 0 Å². The minimum Gasteiger partial charge on any atom is -0.545 e. The van der Waals surface area contributed by atoms with E-state index in [1.807, 2.05) is 0 Å². The summed E-state index contributed by atoms with van der Waals surface area (Å²) in [6, 6.07) is 0. The van der Waals surface area contributed by atoms with Gasteiger partial charge in [0.1, 0.15) is 0 Å². The molecule has 0 unspecified atom stereocenters. The van der Waals surface area contributed by atoms with Gasteiger partial charge >= 0.3 is 31.4 Å². The molecule has 8 nitrogen and oxygen atoms in total. The number of ether oxygens (including phenoxy) is 1. The van der Waals surface area contributed by atoms with Gasteiger partial charge in [-0.15, -0.1) is 0 Å². The molecule has 0 aromatic rings. The number of carbonyl (C=O) groups is 4. The van der Waals surface area contributed by atoms with Crippen LogP contribution in [0.2, 0.25) is 0 Å². The van der Waals surface area contributed by atoms with E-state index in [1.165, 1.54) is 0 Å². The van der Waals surface area contributed by atoms with Crippen LogP contribution < -0.4 is 10.2 Å². The average molecular weight is 310 g/mol. The van der Waals surface area contributed by atoms with Crippen molar-refractivity contribution in [2.45, 2.75) is 0 Å². The first-order chi connectivity index (χ1) is 7.79. The Balaban J connectivity index is -0.000000238. The number of carboxylic acids is 3. The summed E-state index contributed by atoms with van der Waals surface area (Å²) in [5.74, 6) is -4.93. The van der Waals surface area contributed by atoms with Crippen molar-refractivity contribution in [3.63, 3.8) is 0 Å². The maximum Gasteiger partial charge on any atom is 2.00 e. The van der Waals surface area contributed by atoms with E-state index in [1.54, 1.807) is 0 Å². The standard InChI is InChI=1S/C5H6O4.C4H4O4.Zn/c1-9-5(8)3-2-4(6)7;5-3(6)1-2-4(7)8;/h2-3H,1H3,(H,6,7);1-2H,(H,5,6)(H,7,8);/q;;+2/p-2/b3-2+;2-1+;. The van der Waals surface area contributed by atoms with Crippen LogP contribution in [0.5, 0.6) is 0 Å². The van der Waals surface area contributed by atoms with Crippen LogP contribution in [0.15, 0.2) is 24.3 Å². The van der Waals surface area contributed by atoms with Gasteiger partial charge in [0.15, 0.2) is 0 Å². The molecule has 0 heterocycles. The van der Waals surface area contributed by atoms with Gasteiger partial charge in [0.2, 0.25) is 0 Å². The second-order valence-corrected chi connectivity index (χ2v) is 2.17. The summed E-state index contributed by atoms with van der Waals surface area (Å²) in [5, 5.41) is 26.8. The molecule has 0 atom stereocenters. The number of rotatable bonds is 4. The van der Waals surface area contributed by atoms with Crippen LogP contribution in [-0.4, -0.2) is 36.1 Å². The van der Waals surface area contributed by atoms with Gasteiger partial charge in [-0.05, 0) is 12.2 Å². The van der Waals surface area contributed by atoms with Gasteiger partial charge in [-0.3, -0.25) is 0 Å². The number of carboxylic acid groups (broad SMARTS) is 3. The number of methoxy groups -OCH3 is 1. The van der Waals surface area contributed by atoms with Gasteiger partial charge in [-0.1, -0.05) is 0 Å². The Kier molecular flexibility index (Phi) is 15.4. The summed E-state index contributed by atoms with van der Waals surface area (Å²) in [6.07, 6.45) is 2.32. The van der Waals surface area contributed by atoms with Crippen molar-refractivity contribution in [2.75, 3.05) is 7.11 Å². The van der Waals surface area contributed by atoms with Crippen molar-refractivity contribution < 1.29 is 58.7 Å². The number of carbonyl (C=O) groups excluding carboxylic acids is 3. The van der Waals surface area contributed by atoms with Crippen molar-refractivity contribution in [1.29, 1.82) is 0 Å². The molecule has 0 spiro atoms. The molecule has 0 aliphatic carbocycles. The molecular formula is C9H8O8Zn. The Labute approximate surface area is 114 Å². The summed E-state index contributed by atoms with van der Waals surface area (Å²) in [7, 11) is 1.15. The molecule has 18 heavy (non-hydrogen) atoms. The van der Waals surface area contributed by atoms with Crippen LogP contribution in [0.4, 0.5) is 0 Å². The van der Waals surface area contributed by atoms with Crippen molar-refractivity contribution in [2.24, 2.45) is 0 Å². The molecule has 0 rings (SSSR count). The van der Waals surface area contributed by atoms with Crippen molar-refractivity contribution in [1.82, 2.24) is 0 Å². The smallest absolute Gasteiger partial charge is 0.545 e. The maximum absolute atomic E-state index is 10.1. The van der Waals surface area contributed by atoms with Gasteiger partial charge < -0.3 is 29.6 Å². The summed E-state index contributed by atoms with van der Waals surface area (Å²) >= 11 is 0. The van der Waals surface area contributed by atoms with Crippen molar-refractivity contribution in [3.8, 4) is 0 Å². The van der Waals surface area contributed by atoms with Gasteiger partial charge in [0.05, 0.1) is 19.0 Å². The van der Waals surface area contributed by atoms with Crippen molar-refractivity contribution >= 4 is 23.9 Å². The average Bonchev–Trinajstić information content (AvgIpc) is 2.23. The molecule has 0 amide bonds. The Morgan fingerprint density at radius 2 is 1.33 bits per heavy atom. The third kappa shape index (κ3) is 23.7. The molecule has 0 aliphatic heterocycles. The van der Waals surface area contributed by atoms with Gasteiger partial charge in [-0.2, -0.15) is 0 Å². The van der Waals surface area contributed by atoms with E-state index in [0.717, 1.165) is 13.2 Å². The Bertz CT molecular complexity index is 342. The fraction of sp³-hybridized carbons (Fsp3) is 0.111. The molecule has 0 aliphatic rings. The number of esters is 1. The summed E-state index contributed by atoms with van der Waals surface area (Å²) in [4.78, 5) is 38.7. The second kappa shape index (κ2) is 13.1. The SMILES string of the molecule is COC(=O)/C=C/C(=O)[O-].O=C([O-])/C=C/C(=O)O.[Zn+2]. The van der Waals surface area contributed by atoms with E-state index in [2.05, 4.69) is 4.74 Å². The predicted octanol–water partition coefficient (Wildman–Crippen LogP) is -3.16. The number of hydrogen-bond acceptors (Lipinski definition) is 7. The van der Waals surface area contributed by atoms with E-state index < -0.39 is 23.9 Å². The van der Waals surface area contributed by atoms with Gasteiger partial charge in [0.25, 0.3) is 0 Å². The second-order valence-electron chi connectivity index (χ2n) is 2.17. The van der Waals surface area contributed by atoms with E-state index >= 15 is 0 Å². The molecule has 0 radical (unpaired) electrons. The van der Waals surface area contributed by atoms with Crippen LogP contribution in [0.1, 0.15) is 0 Å². The number of hydrogen-bond donors (Lipinski definition) is 1. The van der Waals surface area contributed by atoms with Crippen LogP contribution in [0, 0.1) is 0 Å². The molecule has 9 heteroatoms. The summed E-state index contributed by atoms with van der Waals surface area (Å²) < 4.78 is 4.08. The zero-order valence-corrected chi connectivity index (χ0v) is 12.3. The van der Waals surface area contributed by atoms with Gasteiger partial charge in [-0.25, -0.2) is 9.59 Å². The predicted molar refractivity (Wildman–Crippen MR) is 47.9 cm³/mol. The van der Waals surface area contributed by atoms with Crippen molar-refractivity contribution in [3.05, 3.63) is 24.3 Å². The van der Waals surface area contributed by atoms with Gasteiger partial charge in [0, 0.05) is 12.2 Å². The molecule has 1 N–H and O–H groups in total. The molecular weight excluding hydrogens is 301 g/mol. The first-order valence-electron chi connectivity index (χ1n) is 3.88. The first-order valence-corrected chi connectivity index (χ1v) is 3.88. The third-order valence-corrected chi connectivity index (χ3v) is 0.919. The Morgan fingerprint density at radius 1 is 0.944 bits per heavy atom. The quantitative estimate of drug-likeness (QED) is 0.325. The van der Waals surface area contributed by atoms with E-state index in [-0.39, 0.29) is 19.5 Å². The molecule has 0 saturated carbocycles. The normalized spacial score (nSPS) is 8.94. The number of aliphatic carboxylic acids is 3. The Morgan fingerprint density at radius 3 is 1.56 bits per heavy atom. The zero-order chi connectivity index (χ0) is 13.8. The Hall–Kier alpha value is -2.02. The third-order valence-electron chi connectivity index (χ3n) is 0.919. The monoisotopic (exact) mass is 308 g/mol. The summed E-state index contributed by atoms with van der Waals surface area (Å²) in [5.41, 5.74) is 0. The molecule has 0 fully saturated rings. The van der Waals surface area contributed by atoms with Crippen LogP contribution >= 0.6 is 0 Å². The largest absolute Gasteiger partial charge is 2.00 e. The van der Waals surface area contributed by atoms with E-state index in [4.69, 9.17) is 5.11 Å². The molecule has 0 bridgehead atoms. The fourth-order valence-electron chi connectivity index (χ4n) is 0.343. The maximum atomic E-state index is 10.1. The minimum atomic E-state index is -1.51. The molecule has 94 valence electrons. The molecule has 0 aromatic carbocycles. The van der Waals surface area contributed by atoms with Crippen LogP contribution in [0.25, 0.3) is 0 Å². The minimum absolute atomic E-state index is 0. The zero-order valence-electron chi connectivity index (χ0n) is 9.32. The molecule has 0 aromatic heterocycles. The first kappa shape index (κ1) is 21.3. The van der Waals surface area contributed by atoms with Crippen LogP contribution in [-0.2, 0) is 43.4 Å². The van der Waals surface area contributed by atoms with E-state index in [0.29, 0.717) is 18.2 Å². The van der Waals surface area contributed by atoms with E-state index in [9.17, 15) is 29.4 Å².